The number of para-hydroxylation sites is 1. The number of carbonyl (C=O) groups excluding carboxylic acids is 3. The van der Waals surface area contributed by atoms with Crippen LogP contribution in [0.25, 0.3) is 11.1 Å². The minimum atomic E-state index is -1.44. The summed E-state index contributed by atoms with van der Waals surface area (Å²) in [6.07, 6.45) is 17.2. The maximum absolute atomic E-state index is 12.9. The molecule has 0 fully saturated rings. The number of carbonyl (C=O) groups is 5. The van der Waals surface area contributed by atoms with Crippen molar-refractivity contribution >= 4 is 41.2 Å². The van der Waals surface area contributed by atoms with Crippen molar-refractivity contribution in [3.05, 3.63) is 154 Å². The molecule has 0 radical (unpaired) electrons. The van der Waals surface area contributed by atoms with Crippen LogP contribution in [0.3, 0.4) is 0 Å². The summed E-state index contributed by atoms with van der Waals surface area (Å²) in [4.78, 5) is 70.4. The molecule has 400 valence electrons. The van der Waals surface area contributed by atoms with Gasteiger partial charge in [-0.05, 0) is 91.6 Å². The Labute approximate surface area is 437 Å². The van der Waals surface area contributed by atoms with Crippen molar-refractivity contribution in [2.45, 2.75) is 116 Å². The fraction of sp³-hybridized carbons (Fsp3) is 0.362. The number of carboxylic acids is 2. The van der Waals surface area contributed by atoms with Gasteiger partial charge in [-0.3, -0.25) is 10.1 Å². The summed E-state index contributed by atoms with van der Waals surface area (Å²) in [6.45, 7) is 8.57. The Balaban J connectivity index is 0.000000442. The van der Waals surface area contributed by atoms with Crippen molar-refractivity contribution < 1.29 is 67.5 Å². The van der Waals surface area contributed by atoms with Crippen molar-refractivity contribution in [3.63, 3.8) is 0 Å². The van der Waals surface area contributed by atoms with E-state index in [-0.39, 0.29) is 45.7 Å². The van der Waals surface area contributed by atoms with Gasteiger partial charge < -0.3 is 44.4 Å². The third-order valence-electron chi connectivity index (χ3n) is 11.6. The van der Waals surface area contributed by atoms with Crippen molar-refractivity contribution in [2.75, 3.05) is 25.6 Å². The van der Waals surface area contributed by atoms with Gasteiger partial charge >= 0.3 is 35.5 Å². The summed E-state index contributed by atoms with van der Waals surface area (Å²) in [6, 6.07) is 27.7. The maximum atomic E-state index is 12.9. The van der Waals surface area contributed by atoms with Crippen LogP contribution in [0.15, 0.2) is 122 Å². The third-order valence-corrected chi connectivity index (χ3v) is 11.6. The van der Waals surface area contributed by atoms with Crippen molar-refractivity contribution in [1.82, 2.24) is 0 Å². The van der Waals surface area contributed by atoms with Crippen LogP contribution in [0, 0.1) is 10.1 Å². The molecule has 5 rings (SSSR count). The largest absolute Gasteiger partial charge is 0.494 e. The van der Waals surface area contributed by atoms with Gasteiger partial charge in [0.25, 0.3) is 0 Å². The first-order valence-corrected chi connectivity index (χ1v) is 25.3. The number of nitrogen functional groups attached to an aromatic ring is 1. The summed E-state index contributed by atoms with van der Waals surface area (Å²) in [5.74, 6) is -3.45. The summed E-state index contributed by atoms with van der Waals surface area (Å²) in [7, 11) is 0. The van der Waals surface area contributed by atoms with Crippen LogP contribution in [0.4, 0.5) is 11.4 Å². The van der Waals surface area contributed by atoms with Gasteiger partial charge in [-0.2, -0.15) is 0 Å². The fourth-order valence-corrected chi connectivity index (χ4v) is 7.54. The van der Waals surface area contributed by atoms with E-state index in [1.54, 1.807) is 12.1 Å². The molecule has 0 saturated heterocycles. The molecule has 0 spiro atoms. The van der Waals surface area contributed by atoms with Gasteiger partial charge in [0.05, 0.1) is 47.0 Å². The molecule has 1 atom stereocenters. The first-order chi connectivity index (χ1) is 36.2. The van der Waals surface area contributed by atoms with Crippen molar-refractivity contribution in [2.24, 2.45) is 0 Å². The molecule has 0 aliphatic heterocycles. The van der Waals surface area contributed by atoms with Gasteiger partial charge in [-0.25, -0.2) is 24.0 Å². The summed E-state index contributed by atoms with van der Waals surface area (Å²) >= 11 is 0. The van der Waals surface area contributed by atoms with Crippen molar-refractivity contribution in [1.29, 1.82) is 0 Å². The van der Waals surface area contributed by atoms with Crippen LogP contribution in [0.2, 0.25) is 0 Å². The number of benzene rings is 5. The number of hydrogen-bond acceptors (Lipinski definition) is 14. The van der Waals surface area contributed by atoms with Crippen molar-refractivity contribution in [3.8, 4) is 34.1 Å². The van der Waals surface area contributed by atoms with Gasteiger partial charge in [-0.15, -0.1) is 0 Å². The van der Waals surface area contributed by atoms with Gasteiger partial charge in [0.2, 0.25) is 6.29 Å². The lowest BCUT2D eigenvalue weighted by atomic mass is 10.0. The standard InChI is InChI=1S/C38H38N2O12.C20H30O3/c1-3-4-5-6-7-8-19-49-34-22-32(39)30(21-33(34)40(47)48)24-9-11-25(12-10-24)37(45)52-28-16-14-27(15-17-28)50-23(2)51-38(46)31-20-26(35(41)42)13-18-29(31)36(43)44;1-2-20(21)23-18-14-9-7-5-3-4-6-8-13-17-22-19-15-11-10-12-16-19/h9-18,20-23H,3-8,19,39H2,1-2H3,(H,41,42)(H,43,44);2,10-12,15-16H,1,3-9,13-14,17-18H2. The fourth-order valence-electron chi connectivity index (χ4n) is 7.54. The Morgan fingerprint density at radius 3 is 1.76 bits per heavy atom. The lowest BCUT2D eigenvalue weighted by molar-refractivity contribution is -0.385. The highest BCUT2D eigenvalue weighted by Gasteiger charge is 2.23. The van der Waals surface area contributed by atoms with E-state index >= 15 is 0 Å². The maximum Gasteiger partial charge on any atom is 0.343 e. The number of hydrogen-bond donors (Lipinski definition) is 3. The second kappa shape index (κ2) is 32.8. The van der Waals surface area contributed by atoms with Crippen LogP contribution in [0.5, 0.6) is 23.0 Å². The molecule has 17 nitrogen and oxygen atoms in total. The number of aromatic carboxylic acids is 2. The minimum absolute atomic E-state index is 0.101. The number of nitro benzene ring substituents is 1. The molecule has 0 aliphatic rings. The van der Waals surface area contributed by atoms with Crippen LogP contribution in [-0.4, -0.2) is 71.1 Å². The molecular weight excluding hydrogens is 965 g/mol. The number of nitrogens with two attached hydrogens (primary N) is 1. The first kappa shape index (κ1) is 59.4. The number of anilines is 1. The Kier molecular flexibility index (Phi) is 25.9. The average Bonchev–Trinajstić information content (AvgIpc) is 3.40. The Morgan fingerprint density at radius 1 is 0.627 bits per heavy atom. The number of rotatable bonds is 32. The third kappa shape index (κ3) is 21.4. The number of unbranched alkanes of at least 4 members (excludes halogenated alkanes) is 13. The quantitative estimate of drug-likeness (QED) is 0.00529. The van der Waals surface area contributed by atoms with E-state index in [1.165, 1.54) is 106 Å². The van der Waals surface area contributed by atoms with Crippen LogP contribution in [-0.2, 0) is 14.3 Å². The summed E-state index contributed by atoms with van der Waals surface area (Å²) < 4.78 is 32.5. The zero-order chi connectivity index (χ0) is 54.4. The van der Waals surface area contributed by atoms with E-state index in [0.717, 1.165) is 81.9 Å². The predicted octanol–water partition coefficient (Wildman–Crippen LogP) is 13.1. The lowest BCUT2D eigenvalue weighted by Gasteiger charge is -2.16. The van der Waals surface area contributed by atoms with Gasteiger partial charge in [0.15, 0.2) is 5.75 Å². The monoisotopic (exact) mass is 1030 g/mol. The predicted molar refractivity (Wildman–Crippen MR) is 284 cm³/mol. The van der Waals surface area contributed by atoms with Crippen LogP contribution in [0.1, 0.15) is 152 Å². The van der Waals surface area contributed by atoms with Gasteiger partial charge in [-0.1, -0.05) is 121 Å². The van der Waals surface area contributed by atoms with E-state index in [2.05, 4.69) is 13.5 Å². The molecule has 17 heteroatoms. The molecule has 1 unspecified atom stereocenters. The molecule has 5 aromatic rings. The molecular formula is C58H68N2O15. The second-order valence-corrected chi connectivity index (χ2v) is 17.4. The minimum Gasteiger partial charge on any atom is -0.494 e. The van der Waals surface area contributed by atoms with Crippen LogP contribution < -0.4 is 24.7 Å². The first-order valence-electron chi connectivity index (χ1n) is 25.3. The topological polar surface area (TPSA) is 250 Å². The van der Waals surface area contributed by atoms with E-state index in [4.69, 9.17) is 34.2 Å². The number of nitro groups is 1. The number of esters is 3. The molecule has 0 amide bonds. The van der Waals surface area contributed by atoms with E-state index in [1.807, 2.05) is 30.3 Å². The Bertz CT molecular complexity index is 2620. The second-order valence-electron chi connectivity index (χ2n) is 17.4. The van der Waals surface area contributed by atoms with E-state index in [0.29, 0.717) is 24.3 Å². The summed E-state index contributed by atoms with van der Waals surface area (Å²) in [5, 5.41) is 30.4. The van der Waals surface area contributed by atoms with E-state index in [9.17, 15) is 44.3 Å². The highest BCUT2D eigenvalue weighted by Crippen LogP contribution is 2.38. The molecule has 4 N–H and O–H groups in total. The number of ether oxygens (including phenoxy) is 6. The molecule has 5 aromatic carbocycles. The molecule has 0 saturated carbocycles. The number of nitrogens with zero attached hydrogens (tertiary/aromatic N) is 1. The van der Waals surface area contributed by atoms with E-state index < -0.39 is 46.2 Å². The molecule has 75 heavy (non-hydrogen) atoms. The number of carboxylic acid groups (broad SMARTS) is 2. The Morgan fingerprint density at radius 2 is 1.19 bits per heavy atom. The highest BCUT2D eigenvalue weighted by atomic mass is 16.7. The van der Waals surface area contributed by atoms with Gasteiger partial charge in [0, 0.05) is 36.4 Å². The molecule has 0 bridgehead atoms. The normalized spacial score (nSPS) is 11.0. The zero-order valence-electron chi connectivity index (χ0n) is 42.7. The molecule has 0 aromatic heterocycles. The van der Waals surface area contributed by atoms with Gasteiger partial charge in [0.1, 0.15) is 17.2 Å². The lowest BCUT2D eigenvalue weighted by Crippen LogP contribution is -2.23. The SMILES string of the molecule is C=CC(=O)OCCCCCCCCCCCOc1ccccc1.CCCCCCCCOc1cc(N)c(-c2ccc(C(=O)Oc3ccc(OC(C)OC(=O)c4cc(C(=O)O)ccc4C(=O)O)cc3)cc2)cc1[N+](=O)[O-]. The average molecular weight is 1030 g/mol. The zero-order valence-corrected chi connectivity index (χ0v) is 42.7. The van der Waals surface area contributed by atoms with Crippen LogP contribution >= 0.6 is 0 Å². The smallest absolute Gasteiger partial charge is 0.343 e. The highest BCUT2D eigenvalue weighted by molar-refractivity contribution is 6.04. The molecule has 0 aliphatic carbocycles. The Hall–Kier alpha value is -8.21. The summed E-state index contributed by atoms with van der Waals surface area (Å²) in [5.41, 5.74) is 6.30. The molecule has 0 heterocycles.